The van der Waals surface area contributed by atoms with Gasteiger partial charge >= 0.3 is 0 Å². The highest BCUT2D eigenvalue weighted by Crippen LogP contribution is 2.33. The number of hydrogen-bond acceptors (Lipinski definition) is 3. The second-order valence-electron chi connectivity index (χ2n) is 5.51. The number of benzene rings is 2. The van der Waals surface area contributed by atoms with Crippen LogP contribution in [0.5, 0.6) is 0 Å². The molecular weight excluding hydrogens is 310 g/mol. The maximum Gasteiger partial charge on any atom is 0.125 e. The summed E-state index contributed by atoms with van der Waals surface area (Å²) in [4.78, 5) is 3.48. The summed E-state index contributed by atoms with van der Waals surface area (Å²) in [5, 5.41) is 13.2. The third kappa shape index (κ3) is 2.54. The molecule has 0 unspecified atom stereocenters. The molecule has 0 amide bonds. The molecule has 0 bridgehead atoms. The second kappa shape index (κ2) is 5.61. The van der Waals surface area contributed by atoms with E-state index in [1.54, 1.807) is 6.20 Å². The minimum atomic E-state index is 0.596. The van der Waals surface area contributed by atoms with Gasteiger partial charge in [0.15, 0.2) is 0 Å². The molecule has 2 aromatic carbocycles. The van der Waals surface area contributed by atoms with Gasteiger partial charge in [-0.25, -0.2) is 0 Å². The molecule has 5 nitrogen and oxygen atoms in total. The summed E-state index contributed by atoms with van der Waals surface area (Å²) >= 11 is 6.17. The summed E-state index contributed by atoms with van der Waals surface area (Å²) in [5.74, 6) is 0.848. The molecule has 0 aliphatic rings. The number of halogens is 1. The molecule has 116 valence electrons. The Bertz CT molecular complexity index is 972. The molecule has 0 atom stereocenters. The van der Waals surface area contributed by atoms with Gasteiger partial charge in [0.05, 0.1) is 6.20 Å². The quantitative estimate of drug-likeness (QED) is 0.458. The Kier molecular flexibility index (Phi) is 3.44. The van der Waals surface area contributed by atoms with E-state index in [-0.39, 0.29) is 0 Å². The van der Waals surface area contributed by atoms with Crippen LogP contribution in [0.4, 0.5) is 11.5 Å². The van der Waals surface area contributed by atoms with Gasteiger partial charge in [-0.1, -0.05) is 11.6 Å². The van der Waals surface area contributed by atoms with E-state index < -0.39 is 0 Å². The lowest BCUT2D eigenvalue weighted by Crippen LogP contribution is -2.04. The van der Waals surface area contributed by atoms with Crippen molar-refractivity contribution in [1.29, 1.82) is 0 Å². The van der Waals surface area contributed by atoms with Gasteiger partial charge in [0.2, 0.25) is 0 Å². The average molecular weight is 326 g/mol. The number of aromatic amines is 2. The summed E-state index contributed by atoms with van der Waals surface area (Å²) in [6.45, 7) is 0.596. The van der Waals surface area contributed by atoms with Crippen LogP contribution in [0.1, 0.15) is 5.56 Å². The van der Waals surface area contributed by atoms with Gasteiger partial charge in [-0.2, -0.15) is 5.10 Å². The van der Waals surface area contributed by atoms with Crippen LogP contribution in [-0.2, 0) is 6.42 Å². The molecule has 5 N–H and O–H groups in total. The van der Waals surface area contributed by atoms with Crippen molar-refractivity contribution in [3.63, 3.8) is 0 Å². The molecule has 0 saturated carbocycles. The molecule has 0 aliphatic heterocycles. The molecule has 0 spiro atoms. The van der Waals surface area contributed by atoms with E-state index >= 15 is 0 Å². The zero-order chi connectivity index (χ0) is 15.8. The standard InChI is InChI=1S/C17H16ClN5/c18-11-1-2-15-13(8-11)14-9-12(21-16-4-6-20-23-16)7-10(3-5-19)17(14)22-15/h1-2,4,6-9,22H,3,5,19H2,(H2,20,21,23). The van der Waals surface area contributed by atoms with Crippen LogP contribution in [0.15, 0.2) is 42.6 Å². The normalized spacial score (nSPS) is 11.4. The van der Waals surface area contributed by atoms with Crippen LogP contribution < -0.4 is 11.1 Å². The van der Waals surface area contributed by atoms with Crippen LogP contribution in [0, 0.1) is 0 Å². The fourth-order valence-electron chi connectivity index (χ4n) is 2.95. The molecule has 0 aliphatic carbocycles. The van der Waals surface area contributed by atoms with Gasteiger partial charge in [-0.15, -0.1) is 0 Å². The van der Waals surface area contributed by atoms with Crippen molar-refractivity contribution < 1.29 is 0 Å². The van der Waals surface area contributed by atoms with Crippen molar-refractivity contribution in [2.24, 2.45) is 5.73 Å². The third-order valence-electron chi connectivity index (χ3n) is 3.94. The summed E-state index contributed by atoms with van der Waals surface area (Å²) < 4.78 is 0. The van der Waals surface area contributed by atoms with Crippen molar-refractivity contribution in [3.05, 3.63) is 53.2 Å². The van der Waals surface area contributed by atoms with E-state index in [4.69, 9.17) is 17.3 Å². The largest absolute Gasteiger partial charge is 0.354 e. The van der Waals surface area contributed by atoms with E-state index in [9.17, 15) is 0 Å². The minimum absolute atomic E-state index is 0.596. The van der Waals surface area contributed by atoms with Gasteiger partial charge in [-0.3, -0.25) is 5.10 Å². The van der Waals surface area contributed by atoms with Crippen molar-refractivity contribution in [1.82, 2.24) is 15.2 Å². The lowest BCUT2D eigenvalue weighted by atomic mass is 10.1. The Morgan fingerprint density at radius 2 is 2.04 bits per heavy atom. The molecule has 0 fully saturated rings. The number of H-pyrrole nitrogens is 2. The Balaban J connectivity index is 1.94. The summed E-state index contributed by atoms with van der Waals surface area (Å²) in [7, 11) is 0. The zero-order valence-electron chi connectivity index (χ0n) is 12.4. The van der Waals surface area contributed by atoms with E-state index in [1.807, 2.05) is 24.3 Å². The number of nitrogens with one attached hydrogen (secondary N) is 3. The van der Waals surface area contributed by atoms with E-state index in [2.05, 4.69) is 32.6 Å². The number of fused-ring (bicyclic) bond motifs is 3. The average Bonchev–Trinajstić information content (AvgIpc) is 3.16. The molecule has 2 heterocycles. The summed E-state index contributed by atoms with van der Waals surface area (Å²) in [6, 6.07) is 12.0. The Morgan fingerprint density at radius 1 is 1.13 bits per heavy atom. The number of aromatic nitrogens is 3. The summed E-state index contributed by atoms with van der Waals surface area (Å²) in [5.41, 5.74) is 10.1. The lowest BCUT2D eigenvalue weighted by Gasteiger charge is -2.08. The first-order valence-corrected chi connectivity index (χ1v) is 7.83. The SMILES string of the molecule is NCCc1cc(Nc2ccn[nH]2)cc2c1[nH]c1ccc(Cl)cc12. The molecule has 4 aromatic rings. The second-order valence-corrected chi connectivity index (χ2v) is 5.94. The number of nitrogens with two attached hydrogens (primary N) is 1. The monoisotopic (exact) mass is 325 g/mol. The van der Waals surface area contributed by atoms with Crippen molar-refractivity contribution in [2.45, 2.75) is 6.42 Å². The molecule has 0 saturated heterocycles. The van der Waals surface area contributed by atoms with Crippen LogP contribution in [0.2, 0.25) is 5.02 Å². The summed E-state index contributed by atoms with van der Waals surface area (Å²) in [6.07, 6.45) is 2.52. The van der Waals surface area contributed by atoms with Gasteiger partial charge in [0, 0.05) is 38.6 Å². The highest BCUT2D eigenvalue weighted by molar-refractivity contribution is 6.31. The maximum absolute atomic E-state index is 6.17. The Morgan fingerprint density at radius 3 is 2.83 bits per heavy atom. The minimum Gasteiger partial charge on any atom is -0.354 e. The predicted octanol–water partition coefficient (Wildman–Crippen LogP) is 3.94. The molecular formula is C17H16ClN5. The fourth-order valence-corrected chi connectivity index (χ4v) is 3.12. The van der Waals surface area contributed by atoms with Crippen LogP contribution >= 0.6 is 11.6 Å². The van der Waals surface area contributed by atoms with E-state index in [1.165, 1.54) is 5.56 Å². The first-order valence-electron chi connectivity index (χ1n) is 7.45. The Labute approximate surface area is 137 Å². The number of nitrogens with zero attached hydrogens (tertiary/aromatic N) is 1. The van der Waals surface area contributed by atoms with Crippen LogP contribution in [-0.4, -0.2) is 21.7 Å². The number of rotatable bonds is 4. The number of hydrogen-bond donors (Lipinski definition) is 4. The molecule has 23 heavy (non-hydrogen) atoms. The third-order valence-corrected chi connectivity index (χ3v) is 4.18. The van der Waals surface area contributed by atoms with Gasteiger partial charge < -0.3 is 16.0 Å². The van der Waals surface area contributed by atoms with Crippen molar-refractivity contribution in [2.75, 3.05) is 11.9 Å². The van der Waals surface area contributed by atoms with E-state index in [0.29, 0.717) is 6.54 Å². The Hall–Kier alpha value is -2.50. The van der Waals surface area contributed by atoms with Gasteiger partial charge in [0.25, 0.3) is 0 Å². The molecule has 0 radical (unpaired) electrons. The highest BCUT2D eigenvalue weighted by Gasteiger charge is 2.11. The van der Waals surface area contributed by atoms with Crippen molar-refractivity contribution in [3.8, 4) is 0 Å². The molecule has 4 rings (SSSR count). The highest BCUT2D eigenvalue weighted by atomic mass is 35.5. The fraction of sp³-hybridized carbons (Fsp3) is 0.118. The predicted molar refractivity (Wildman–Crippen MR) is 95.4 cm³/mol. The van der Waals surface area contributed by atoms with Crippen molar-refractivity contribution >= 4 is 44.9 Å². The van der Waals surface area contributed by atoms with Gasteiger partial charge in [-0.05, 0) is 48.9 Å². The zero-order valence-corrected chi connectivity index (χ0v) is 13.1. The maximum atomic E-state index is 6.17. The lowest BCUT2D eigenvalue weighted by molar-refractivity contribution is 0.975. The van der Waals surface area contributed by atoms with Gasteiger partial charge in [0.1, 0.15) is 5.82 Å². The smallest absolute Gasteiger partial charge is 0.125 e. The number of anilines is 2. The molecule has 2 aromatic heterocycles. The first kappa shape index (κ1) is 14.1. The first-order chi connectivity index (χ1) is 11.2. The van der Waals surface area contributed by atoms with Crippen LogP contribution in [0.3, 0.4) is 0 Å². The van der Waals surface area contributed by atoms with Crippen LogP contribution in [0.25, 0.3) is 21.8 Å². The topological polar surface area (TPSA) is 82.5 Å². The molecule has 6 heteroatoms. The van der Waals surface area contributed by atoms with E-state index in [0.717, 1.165) is 44.8 Å².